The summed E-state index contributed by atoms with van der Waals surface area (Å²) in [5, 5.41) is 22.2. The molecule has 0 aliphatic carbocycles. The summed E-state index contributed by atoms with van der Waals surface area (Å²) < 4.78 is 30.3. The third-order valence-electron chi connectivity index (χ3n) is 5.83. The monoisotopic (exact) mass is 464 g/mol. The summed E-state index contributed by atoms with van der Waals surface area (Å²) in [4.78, 5) is 20.6. The third kappa shape index (κ3) is 4.81. The lowest BCUT2D eigenvalue weighted by Crippen LogP contribution is -2.57. The maximum Gasteiger partial charge on any atom is 0.530 e. The number of likely N-dealkylation sites (tertiary alicyclic amines) is 1. The van der Waals surface area contributed by atoms with Gasteiger partial charge in [0.1, 0.15) is 6.54 Å². The first kappa shape index (κ1) is 22.3. The highest BCUT2D eigenvalue weighted by Gasteiger charge is 2.48. The Labute approximate surface area is 184 Å². The number of fused-ring (bicyclic) bond motifs is 1. The van der Waals surface area contributed by atoms with Crippen LogP contribution in [-0.2, 0) is 20.2 Å². The number of piperidine rings is 1. The van der Waals surface area contributed by atoms with Crippen LogP contribution in [-0.4, -0.2) is 47.2 Å². The summed E-state index contributed by atoms with van der Waals surface area (Å²) in [6.07, 6.45) is 0.265. The highest BCUT2D eigenvalue weighted by Crippen LogP contribution is 2.57. The second-order valence-corrected chi connectivity index (χ2v) is 9.91. The molecule has 0 N–H and O–H groups in total. The number of phosphoric ester groups is 1. The maximum atomic E-state index is 13.1. The van der Waals surface area contributed by atoms with Gasteiger partial charge in [0.2, 0.25) is 5.75 Å². The van der Waals surface area contributed by atoms with Gasteiger partial charge in [-0.2, -0.15) is 0 Å². The molecular weight excluding hydrogens is 441 g/mol. The van der Waals surface area contributed by atoms with Gasteiger partial charge in [-0.3, -0.25) is 29.3 Å². The van der Waals surface area contributed by atoms with Crippen LogP contribution >= 0.6 is 7.82 Å². The van der Waals surface area contributed by atoms with Gasteiger partial charge in [-0.1, -0.05) is 30.3 Å². The van der Waals surface area contributed by atoms with E-state index < -0.39 is 34.8 Å². The number of quaternary nitrogens is 1. The molecule has 2 aromatic carbocycles. The van der Waals surface area contributed by atoms with Gasteiger partial charge in [-0.05, 0) is 6.07 Å². The molecule has 2 aliphatic rings. The predicted octanol–water partition coefficient (Wildman–Crippen LogP) is 4.07. The van der Waals surface area contributed by atoms with E-state index in [1.807, 2.05) is 18.2 Å². The summed E-state index contributed by atoms with van der Waals surface area (Å²) in [6.45, 7) is 2.55. The Hall–Kier alpha value is -2.85. The predicted molar refractivity (Wildman–Crippen MR) is 113 cm³/mol. The largest absolute Gasteiger partial charge is 0.530 e. The molecule has 0 bridgehead atoms. The van der Waals surface area contributed by atoms with Crippen molar-refractivity contribution >= 4 is 19.2 Å². The maximum absolute atomic E-state index is 13.1. The van der Waals surface area contributed by atoms with E-state index in [-0.39, 0.29) is 18.6 Å². The standard InChI is InChI=1S/C20H23N3O8P/c1-23(12-15-5-3-2-4-6-15)10-9-19-16(13-23)14-29-32(28,30-19)31-20-8-7-17(21(24)25)11-18(20)22(26)27/h2-8,11,16,19H,9-10,12-14H2,1H3/q+1/t16-,19-,23?,32?/m0/s1. The Morgan fingerprint density at radius 3 is 2.59 bits per heavy atom. The van der Waals surface area contributed by atoms with E-state index in [4.69, 9.17) is 13.6 Å². The fourth-order valence-corrected chi connectivity index (χ4v) is 5.84. The lowest BCUT2D eigenvalue weighted by Gasteiger charge is -2.46. The van der Waals surface area contributed by atoms with Gasteiger partial charge in [0.25, 0.3) is 5.69 Å². The molecule has 2 aliphatic heterocycles. The Balaban J connectivity index is 1.45. The van der Waals surface area contributed by atoms with Crippen molar-refractivity contribution in [3.05, 3.63) is 74.3 Å². The van der Waals surface area contributed by atoms with E-state index >= 15 is 0 Å². The smallest absolute Gasteiger partial charge is 0.397 e. The minimum Gasteiger partial charge on any atom is -0.397 e. The van der Waals surface area contributed by atoms with E-state index in [0.717, 1.165) is 42.3 Å². The minimum absolute atomic E-state index is 0.00464. The van der Waals surface area contributed by atoms with Crippen LogP contribution in [0.4, 0.5) is 11.4 Å². The van der Waals surface area contributed by atoms with Crippen LogP contribution in [0.25, 0.3) is 0 Å². The van der Waals surface area contributed by atoms with Crippen molar-refractivity contribution in [1.29, 1.82) is 0 Å². The van der Waals surface area contributed by atoms with Crippen LogP contribution in [0.15, 0.2) is 48.5 Å². The van der Waals surface area contributed by atoms with E-state index in [9.17, 15) is 24.8 Å². The molecule has 2 unspecified atom stereocenters. The average molecular weight is 464 g/mol. The molecule has 170 valence electrons. The van der Waals surface area contributed by atoms with E-state index in [2.05, 4.69) is 19.2 Å². The molecule has 4 atom stereocenters. The molecule has 4 rings (SSSR count). The number of hydrogen-bond acceptors (Lipinski definition) is 8. The highest BCUT2D eigenvalue weighted by molar-refractivity contribution is 7.49. The number of benzene rings is 2. The first-order valence-electron chi connectivity index (χ1n) is 10.1. The van der Waals surface area contributed by atoms with Crippen molar-refractivity contribution in [2.24, 2.45) is 5.92 Å². The Morgan fingerprint density at radius 1 is 1.16 bits per heavy atom. The molecule has 2 saturated heterocycles. The van der Waals surface area contributed by atoms with Crippen molar-refractivity contribution in [3.63, 3.8) is 0 Å². The van der Waals surface area contributed by atoms with Gasteiger partial charge in [-0.25, -0.2) is 4.57 Å². The molecule has 0 spiro atoms. The van der Waals surface area contributed by atoms with Crippen LogP contribution in [0.3, 0.4) is 0 Å². The lowest BCUT2D eigenvalue weighted by atomic mass is 9.93. The summed E-state index contributed by atoms with van der Waals surface area (Å²) in [5.74, 6) is -0.405. The fraction of sp³-hybridized carbons (Fsp3) is 0.400. The summed E-state index contributed by atoms with van der Waals surface area (Å²) in [5.41, 5.74) is 0.0701. The Morgan fingerprint density at radius 2 is 1.91 bits per heavy atom. The minimum atomic E-state index is -4.12. The van der Waals surface area contributed by atoms with Gasteiger partial charge < -0.3 is 9.01 Å². The van der Waals surface area contributed by atoms with Crippen molar-refractivity contribution in [2.45, 2.75) is 19.1 Å². The SMILES string of the molecule is C[N+]1(Cc2ccccc2)CC[C@@H]2OP(=O)(Oc3ccc([N+](=O)[O-])cc3[N+](=O)[O-])OC[C@@H]2C1. The third-order valence-corrected chi connectivity index (χ3v) is 7.25. The summed E-state index contributed by atoms with van der Waals surface area (Å²) in [7, 11) is -1.96. The second kappa shape index (κ2) is 8.59. The van der Waals surface area contributed by atoms with Gasteiger partial charge in [-0.15, -0.1) is 0 Å². The molecule has 11 nitrogen and oxygen atoms in total. The zero-order chi connectivity index (χ0) is 22.9. The van der Waals surface area contributed by atoms with Crippen LogP contribution in [0, 0.1) is 26.1 Å². The fourth-order valence-electron chi connectivity index (χ4n) is 4.31. The van der Waals surface area contributed by atoms with Crippen LogP contribution in [0.2, 0.25) is 0 Å². The van der Waals surface area contributed by atoms with Gasteiger partial charge >= 0.3 is 13.5 Å². The van der Waals surface area contributed by atoms with Gasteiger partial charge in [0.15, 0.2) is 0 Å². The van der Waals surface area contributed by atoms with Crippen molar-refractivity contribution in [3.8, 4) is 5.75 Å². The molecule has 0 radical (unpaired) electrons. The molecular formula is C20H23N3O8P+. The number of non-ortho nitro benzene ring substituents is 1. The molecule has 2 heterocycles. The lowest BCUT2D eigenvalue weighted by molar-refractivity contribution is -0.931. The Bertz CT molecular complexity index is 1080. The van der Waals surface area contributed by atoms with E-state index in [1.165, 1.54) is 5.56 Å². The zero-order valence-electron chi connectivity index (χ0n) is 17.4. The quantitative estimate of drug-likeness (QED) is 0.271. The summed E-state index contributed by atoms with van der Waals surface area (Å²) in [6, 6.07) is 13.0. The number of nitro groups is 2. The van der Waals surface area contributed by atoms with Gasteiger partial charge in [0, 0.05) is 18.1 Å². The first-order valence-corrected chi connectivity index (χ1v) is 11.6. The van der Waals surface area contributed by atoms with Crippen LogP contribution in [0.5, 0.6) is 5.75 Å². The molecule has 12 heteroatoms. The van der Waals surface area contributed by atoms with Crippen molar-refractivity contribution in [2.75, 3.05) is 26.7 Å². The molecule has 2 fully saturated rings. The number of phosphoric acid groups is 1. The molecule has 32 heavy (non-hydrogen) atoms. The van der Waals surface area contributed by atoms with E-state index in [1.54, 1.807) is 0 Å². The topological polar surface area (TPSA) is 131 Å². The Kier molecular flexibility index (Phi) is 6.00. The number of nitrogens with zero attached hydrogens (tertiary/aromatic N) is 3. The normalized spacial score (nSPS) is 29.7. The average Bonchev–Trinajstić information content (AvgIpc) is 2.74. The number of rotatable bonds is 6. The molecule has 0 aromatic heterocycles. The van der Waals surface area contributed by atoms with Gasteiger partial charge in [0.05, 0.1) is 54.7 Å². The van der Waals surface area contributed by atoms with Crippen molar-refractivity contribution in [1.82, 2.24) is 0 Å². The molecule has 0 saturated carbocycles. The van der Waals surface area contributed by atoms with Crippen LogP contribution in [0.1, 0.15) is 12.0 Å². The second-order valence-electron chi connectivity index (χ2n) is 8.36. The van der Waals surface area contributed by atoms with Crippen molar-refractivity contribution < 1.29 is 32.5 Å². The number of nitro benzene ring substituents is 2. The first-order chi connectivity index (χ1) is 15.2. The van der Waals surface area contributed by atoms with E-state index in [0.29, 0.717) is 6.42 Å². The molecule has 0 amide bonds. The van der Waals surface area contributed by atoms with Crippen LogP contribution < -0.4 is 4.52 Å². The number of hydrogen-bond donors (Lipinski definition) is 0. The summed E-state index contributed by atoms with van der Waals surface area (Å²) >= 11 is 0. The molecule has 2 aromatic rings. The zero-order valence-corrected chi connectivity index (χ0v) is 18.3. The highest BCUT2D eigenvalue weighted by atomic mass is 31.2.